The zero-order valence-electron chi connectivity index (χ0n) is 18.4. The van der Waals surface area contributed by atoms with Gasteiger partial charge in [-0.2, -0.15) is 0 Å². The van der Waals surface area contributed by atoms with Crippen molar-refractivity contribution in [2.24, 2.45) is 5.92 Å². The molecule has 0 spiro atoms. The fourth-order valence-corrected chi connectivity index (χ4v) is 37.6. The van der Waals surface area contributed by atoms with Crippen LogP contribution in [0.5, 0.6) is 0 Å². The Morgan fingerprint density at radius 2 is 1.25 bits per heavy atom. The summed E-state index contributed by atoms with van der Waals surface area (Å²) in [4.78, 5) is 0. The molecule has 0 aliphatic carbocycles. The van der Waals surface area contributed by atoms with Crippen molar-refractivity contribution in [2.75, 3.05) is 0 Å². The minimum atomic E-state index is -2.19. The van der Waals surface area contributed by atoms with Crippen molar-refractivity contribution in [1.82, 2.24) is 0 Å². The van der Waals surface area contributed by atoms with Crippen LogP contribution >= 0.6 is 0 Å². The molecule has 0 atom stereocenters. The Balaban J connectivity index is 5.70. The number of hydrogen-bond acceptors (Lipinski definition) is 0. The molecule has 0 N–H and O–H groups in total. The van der Waals surface area contributed by atoms with Gasteiger partial charge in [0, 0.05) is 0 Å². The number of unbranched alkanes of at least 4 members (excludes halogenated alkanes) is 3. The van der Waals surface area contributed by atoms with Gasteiger partial charge in [-0.15, -0.1) is 0 Å². The summed E-state index contributed by atoms with van der Waals surface area (Å²) in [6.07, 6.45) is 14.2. The van der Waals surface area contributed by atoms with E-state index in [9.17, 15) is 0 Å². The standard InChI is InChI=1S/C10H21Si.3C4H9.Sn/c1-10(2)8-6-7-9-11(3,4)5;3*1-3-4-2;/h7,10H,6,8H2,1-5H3;3*1,3-4H2,2H3;. The summed E-state index contributed by atoms with van der Waals surface area (Å²) in [5, 5.41) is 0. The molecule has 0 amide bonds. The van der Waals surface area contributed by atoms with Crippen LogP contribution < -0.4 is 0 Å². The van der Waals surface area contributed by atoms with Crippen molar-refractivity contribution in [2.45, 2.75) is 119 Å². The molecule has 0 nitrogen and oxygen atoms in total. The number of hydrogen-bond donors (Lipinski definition) is 0. The van der Waals surface area contributed by atoms with Crippen molar-refractivity contribution < 1.29 is 0 Å². The van der Waals surface area contributed by atoms with E-state index in [1.807, 2.05) is 0 Å². The predicted molar refractivity (Wildman–Crippen MR) is 120 cm³/mol. The van der Waals surface area contributed by atoms with Crippen LogP contribution in [0, 0.1) is 5.92 Å². The first-order valence-corrected chi connectivity index (χ1v) is 21.9. The molecule has 0 radical (unpaired) electrons. The van der Waals surface area contributed by atoms with Gasteiger partial charge in [-0.05, 0) is 0 Å². The topological polar surface area (TPSA) is 0 Å². The van der Waals surface area contributed by atoms with Crippen LogP contribution in [0.3, 0.4) is 0 Å². The molecule has 0 saturated heterocycles. The third-order valence-corrected chi connectivity index (χ3v) is 32.4. The zero-order valence-corrected chi connectivity index (χ0v) is 22.3. The second-order valence-corrected chi connectivity index (χ2v) is 29.0. The van der Waals surface area contributed by atoms with Gasteiger partial charge in [0.25, 0.3) is 0 Å². The quantitative estimate of drug-likeness (QED) is 0.228. The first-order valence-electron chi connectivity index (χ1n) is 10.9. The van der Waals surface area contributed by atoms with Crippen molar-refractivity contribution in [3.05, 3.63) is 9.29 Å². The molecule has 0 aromatic rings. The van der Waals surface area contributed by atoms with Gasteiger partial charge < -0.3 is 0 Å². The average molecular weight is 459 g/mol. The average Bonchev–Trinajstić information content (AvgIpc) is 2.50. The molecule has 2 heteroatoms. The molecule has 144 valence electrons. The van der Waals surface area contributed by atoms with Crippen LogP contribution in [0.25, 0.3) is 0 Å². The summed E-state index contributed by atoms with van der Waals surface area (Å²) in [5.41, 5.74) is 0. The van der Waals surface area contributed by atoms with Crippen molar-refractivity contribution >= 4 is 26.5 Å². The molecule has 0 aromatic carbocycles. The van der Waals surface area contributed by atoms with Gasteiger partial charge in [-0.25, -0.2) is 0 Å². The minimum absolute atomic E-state index is 0.843. The Morgan fingerprint density at radius 3 is 1.54 bits per heavy atom. The second kappa shape index (κ2) is 13.0. The normalized spacial score (nSPS) is 13.8. The summed E-state index contributed by atoms with van der Waals surface area (Å²) in [7, 11) is -1.19. The summed E-state index contributed by atoms with van der Waals surface area (Å²) in [5.74, 6) is 0.843. The molecule has 0 unspecified atom stereocenters. The molecule has 0 aromatic heterocycles. The SMILES string of the molecule is CCC[CH2][Sn]([CH2]CCC)([CH2]CCC)/[C](=C/CCC(C)C)[Si](C)(C)C. The molecule has 0 bridgehead atoms. The molecular formula is C22H48SiSn. The Bertz CT molecular complexity index is 317. The summed E-state index contributed by atoms with van der Waals surface area (Å²) >= 11 is -2.19. The van der Waals surface area contributed by atoms with E-state index in [1.54, 1.807) is 13.3 Å². The van der Waals surface area contributed by atoms with Crippen LogP contribution in [-0.4, -0.2) is 26.5 Å². The van der Waals surface area contributed by atoms with E-state index in [0.29, 0.717) is 0 Å². The summed E-state index contributed by atoms with van der Waals surface area (Å²) in [6, 6.07) is 0. The van der Waals surface area contributed by atoms with Crippen molar-refractivity contribution in [3.63, 3.8) is 0 Å². The van der Waals surface area contributed by atoms with Gasteiger partial charge in [-0.1, -0.05) is 0 Å². The second-order valence-electron chi connectivity index (χ2n) is 9.43. The maximum atomic E-state index is 2.82. The molecule has 0 heterocycles. The van der Waals surface area contributed by atoms with Crippen LogP contribution in [0.15, 0.2) is 9.29 Å². The first kappa shape index (κ1) is 24.8. The van der Waals surface area contributed by atoms with Gasteiger partial charge in [-0.3, -0.25) is 0 Å². The van der Waals surface area contributed by atoms with Crippen LogP contribution in [0.1, 0.15) is 86.0 Å². The monoisotopic (exact) mass is 460 g/mol. The fraction of sp³-hybridized carbons (Fsp3) is 0.909. The van der Waals surface area contributed by atoms with E-state index >= 15 is 0 Å². The molecule has 24 heavy (non-hydrogen) atoms. The van der Waals surface area contributed by atoms with E-state index in [4.69, 9.17) is 0 Å². The Kier molecular flexibility index (Phi) is 13.4. The molecule has 0 fully saturated rings. The van der Waals surface area contributed by atoms with E-state index in [-0.39, 0.29) is 0 Å². The van der Waals surface area contributed by atoms with Gasteiger partial charge in [0.05, 0.1) is 0 Å². The third kappa shape index (κ3) is 9.45. The Morgan fingerprint density at radius 1 is 0.833 bits per heavy atom. The van der Waals surface area contributed by atoms with Gasteiger partial charge >= 0.3 is 161 Å². The number of allylic oxidation sites excluding steroid dienone is 1. The van der Waals surface area contributed by atoms with Crippen LogP contribution in [0.4, 0.5) is 0 Å². The molecule has 0 aliphatic heterocycles. The van der Waals surface area contributed by atoms with Crippen molar-refractivity contribution in [3.8, 4) is 0 Å². The Labute approximate surface area is 160 Å². The third-order valence-electron chi connectivity index (χ3n) is 5.50. The van der Waals surface area contributed by atoms with Crippen LogP contribution in [-0.2, 0) is 0 Å². The first-order chi connectivity index (χ1) is 11.2. The summed E-state index contributed by atoms with van der Waals surface area (Å²) in [6.45, 7) is 19.9. The van der Waals surface area contributed by atoms with Gasteiger partial charge in [0.1, 0.15) is 0 Å². The predicted octanol–water partition coefficient (Wildman–Crippen LogP) is 8.61. The van der Waals surface area contributed by atoms with E-state index in [0.717, 1.165) is 5.92 Å². The van der Waals surface area contributed by atoms with Gasteiger partial charge in [0.2, 0.25) is 0 Å². The van der Waals surface area contributed by atoms with Crippen LogP contribution in [0.2, 0.25) is 33.0 Å². The van der Waals surface area contributed by atoms with E-state index in [2.05, 4.69) is 63.5 Å². The summed E-state index contributed by atoms with van der Waals surface area (Å²) < 4.78 is 7.06. The number of rotatable bonds is 14. The van der Waals surface area contributed by atoms with Gasteiger partial charge in [0.15, 0.2) is 0 Å². The van der Waals surface area contributed by atoms with E-state index < -0.39 is 26.5 Å². The Hall–Kier alpha value is 0.756. The molecule has 0 saturated carbocycles. The molecular weight excluding hydrogens is 411 g/mol. The maximum absolute atomic E-state index is 2.82. The fourth-order valence-electron chi connectivity index (χ4n) is 4.20. The molecule has 0 aliphatic rings. The van der Waals surface area contributed by atoms with Crippen molar-refractivity contribution in [1.29, 1.82) is 0 Å². The molecule has 0 rings (SSSR count). The zero-order chi connectivity index (χ0) is 18.6. The van der Waals surface area contributed by atoms with E-state index in [1.165, 1.54) is 51.4 Å².